The van der Waals surface area contributed by atoms with Crippen LogP contribution in [-0.2, 0) is 5.41 Å². The first-order chi connectivity index (χ1) is 9.40. The Morgan fingerprint density at radius 1 is 1.16 bits per heavy atom. The summed E-state index contributed by atoms with van der Waals surface area (Å²) in [6.45, 7) is 2.11. The molecule has 0 radical (unpaired) electrons. The van der Waals surface area contributed by atoms with Crippen LogP contribution in [0.25, 0.3) is 12.3 Å². The molecule has 19 heavy (non-hydrogen) atoms. The molecule has 96 valence electrons. The molecule has 0 atom stereocenters. The molecule has 1 saturated heterocycles. The summed E-state index contributed by atoms with van der Waals surface area (Å²) in [6, 6.07) is 8.75. The van der Waals surface area contributed by atoms with Crippen LogP contribution < -0.4 is 5.32 Å². The number of aromatic nitrogens is 2. The van der Waals surface area contributed by atoms with Crippen molar-refractivity contribution in [3.8, 4) is 0 Å². The fourth-order valence-electron chi connectivity index (χ4n) is 3.51. The predicted octanol–water partition coefficient (Wildman–Crippen LogP) is 2.49. The molecule has 1 fully saturated rings. The Balaban J connectivity index is 2.01. The Labute approximate surface area is 113 Å². The maximum absolute atomic E-state index is 4.68. The molecule has 0 bridgehead atoms. The van der Waals surface area contributed by atoms with Crippen molar-refractivity contribution in [2.75, 3.05) is 13.1 Å². The number of rotatable bonds is 0. The minimum Gasteiger partial charge on any atom is -0.317 e. The molecule has 0 unspecified atom stereocenters. The van der Waals surface area contributed by atoms with Gasteiger partial charge in [-0.1, -0.05) is 24.3 Å². The van der Waals surface area contributed by atoms with Gasteiger partial charge in [-0.05, 0) is 43.1 Å². The first-order valence-electron chi connectivity index (χ1n) is 6.92. The molecule has 3 heteroatoms. The smallest absolute Gasteiger partial charge is 0.123 e. The average Bonchev–Trinajstić information content (AvgIpc) is 2.91. The van der Waals surface area contributed by atoms with Crippen molar-refractivity contribution in [3.05, 3.63) is 53.6 Å². The maximum atomic E-state index is 4.68. The van der Waals surface area contributed by atoms with Crippen LogP contribution in [0.3, 0.4) is 0 Å². The van der Waals surface area contributed by atoms with E-state index in [-0.39, 0.29) is 5.41 Å². The maximum Gasteiger partial charge on any atom is 0.123 e. The second kappa shape index (κ2) is 4.07. The molecule has 1 N–H and O–H groups in total. The fourth-order valence-corrected chi connectivity index (χ4v) is 3.51. The number of benzene rings is 1. The lowest BCUT2D eigenvalue weighted by Gasteiger charge is -2.37. The van der Waals surface area contributed by atoms with Gasteiger partial charge in [0.25, 0.3) is 0 Å². The highest BCUT2D eigenvalue weighted by atomic mass is 15.1. The third kappa shape index (κ3) is 1.51. The van der Waals surface area contributed by atoms with Gasteiger partial charge < -0.3 is 9.88 Å². The van der Waals surface area contributed by atoms with Crippen molar-refractivity contribution >= 4 is 12.3 Å². The number of hydrogen-bond acceptors (Lipinski definition) is 2. The number of nitrogens with zero attached hydrogens (tertiary/aromatic N) is 2. The third-order valence-electron chi connectivity index (χ3n) is 4.44. The largest absolute Gasteiger partial charge is 0.317 e. The summed E-state index contributed by atoms with van der Waals surface area (Å²) in [5.41, 5.74) is 2.82. The highest BCUT2D eigenvalue weighted by Gasteiger charge is 2.41. The number of hydrogen-bond donors (Lipinski definition) is 1. The Morgan fingerprint density at radius 2 is 2.00 bits per heavy atom. The van der Waals surface area contributed by atoms with E-state index in [9.17, 15) is 0 Å². The average molecular weight is 251 g/mol. The molecule has 2 aliphatic rings. The van der Waals surface area contributed by atoms with Gasteiger partial charge in [-0.15, -0.1) is 0 Å². The third-order valence-corrected chi connectivity index (χ3v) is 4.44. The zero-order valence-electron chi connectivity index (χ0n) is 10.8. The van der Waals surface area contributed by atoms with Crippen molar-refractivity contribution in [3.63, 3.8) is 0 Å². The molecule has 3 heterocycles. The second-order valence-corrected chi connectivity index (χ2v) is 5.39. The van der Waals surface area contributed by atoms with Crippen LogP contribution in [0, 0.1) is 0 Å². The van der Waals surface area contributed by atoms with Crippen LogP contribution in [0.4, 0.5) is 0 Å². The Kier molecular flexibility index (Phi) is 2.35. The van der Waals surface area contributed by atoms with E-state index in [2.05, 4.69) is 57.6 Å². The fraction of sp³-hybridized carbons (Fsp3) is 0.312. The van der Waals surface area contributed by atoms with Crippen LogP contribution in [0.2, 0.25) is 0 Å². The highest BCUT2D eigenvalue weighted by molar-refractivity contribution is 5.68. The van der Waals surface area contributed by atoms with Crippen molar-refractivity contribution in [2.24, 2.45) is 0 Å². The summed E-state index contributed by atoms with van der Waals surface area (Å²) < 4.78 is 2.19. The van der Waals surface area contributed by atoms with Gasteiger partial charge in [0.1, 0.15) is 5.82 Å². The first kappa shape index (κ1) is 11.0. The van der Waals surface area contributed by atoms with Gasteiger partial charge >= 0.3 is 0 Å². The van der Waals surface area contributed by atoms with Crippen LogP contribution in [0.1, 0.15) is 29.8 Å². The number of piperidine rings is 1. The number of imidazole rings is 1. The summed E-state index contributed by atoms with van der Waals surface area (Å²) in [6.07, 6.45) is 10.5. The normalized spacial score (nSPS) is 19.8. The summed E-state index contributed by atoms with van der Waals surface area (Å²) in [5.74, 6) is 1.19. The van der Waals surface area contributed by atoms with Gasteiger partial charge in [-0.2, -0.15) is 0 Å². The topological polar surface area (TPSA) is 29.9 Å². The molecule has 2 aliphatic heterocycles. The molecular formula is C16H17N3. The summed E-state index contributed by atoms with van der Waals surface area (Å²) in [5, 5.41) is 3.47. The zero-order chi connectivity index (χ0) is 12.7. The summed E-state index contributed by atoms with van der Waals surface area (Å²) >= 11 is 0. The molecule has 3 nitrogen and oxygen atoms in total. The van der Waals surface area contributed by atoms with Gasteiger partial charge in [0.05, 0.1) is 5.41 Å². The van der Waals surface area contributed by atoms with Gasteiger partial charge in [0.15, 0.2) is 0 Å². The molecule has 2 aromatic rings. The molecule has 0 aliphatic carbocycles. The van der Waals surface area contributed by atoms with E-state index in [0.717, 1.165) is 25.9 Å². The predicted molar refractivity (Wildman–Crippen MR) is 76.8 cm³/mol. The summed E-state index contributed by atoms with van der Waals surface area (Å²) in [7, 11) is 0. The molecule has 1 spiro atoms. The van der Waals surface area contributed by atoms with E-state index < -0.39 is 0 Å². The van der Waals surface area contributed by atoms with Gasteiger partial charge in [-0.25, -0.2) is 4.98 Å². The van der Waals surface area contributed by atoms with Crippen molar-refractivity contribution in [1.82, 2.24) is 14.9 Å². The van der Waals surface area contributed by atoms with Gasteiger partial charge in [0, 0.05) is 18.6 Å². The van der Waals surface area contributed by atoms with Crippen LogP contribution in [-0.4, -0.2) is 22.6 Å². The molecule has 1 aromatic carbocycles. The monoisotopic (exact) mass is 251 g/mol. The number of nitrogens with one attached hydrogen (secondary N) is 1. The quantitative estimate of drug-likeness (QED) is 0.779. The van der Waals surface area contributed by atoms with Gasteiger partial charge in [0.2, 0.25) is 0 Å². The van der Waals surface area contributed by atoms with Crippen LogP contribution >= 0.6 is 0 Å². The molecule has 4 rings (SSSR count). The molecule has 1 aromatic heterocycles. The lowest BCUT2D eigenvalue weighted by Crippen LogP contribution is -2.42. The van der Waals surface area contributed by atoms with Crippen LogP contribution in [0.15, 0.2) is 36.7 Å². The standard InChI is InChI=1S/C16H17N3/c1-2-4-14-13(3-1)5-11-19-12-10-18-15(19)16(14)6-8-17-9-7-16/h1-5,10-12,17H,6-9H2. The van der Waals surface area contributed by atoms with Crippen molar-refractivity contribution < 1.29 is 0 Å². The number of fused-ring (bicyclic) bond motifs is 4. The Hall–Kier alpha value is -1.87. The van der Waals surface area contributed by atoms with E-state index in [1.807, 2.05) is 6.20 Å². The minimum atomic E-state index is 0.0643. The summed E-state index contributed by atoms with van der Waals surface area (Å²) in [4.78, 5) is 4.68. The highest BCUT2D eigenvalue weighted by Crippen LogP contribution is 2.42. The minimum absolute atomic E-state index is 0.0643. The zero-order valence-corrected chi connectivity index (χ0v) is 10.8. The SMILES string of the molecule is C1=Cn2ccnc2C2(CCNCC2)c2ccccc21. The van der Waals surface area contributed by atoms with Gasteiger partial charge in [-0.3, -0.25) is 0 Å². The Morgan fingerprint density at radius 3 is 2.89 bits per heavy atom. The Bertz CT molecular complexity index is 633. The molecule has 0 saturated carbocycles. The van der Waals surface area contributed by atoms with Crippen molar-refractivity contribution in [1.29, 1.82) is 0 Å². The van der Waals surface area contributed by atoms with E-state index >= 15 is 0 Å². The van der Waals surface area contributed by atoms with E-state index in [4.69, 9.17) is 0 Å². The molecule has 0 amide bonds. The van der Waals surface area contributed by atoms with E-state index in [1.54, 1.807) is 0 Å². The van der Waals surface area contributed by atoms with E-state index in [1.165, 1.54) is 17.0 Å². The lowest BCUT2D eigenvalue weighted by atomic mass is 9.71. The van der Waals surface area contributed by atoms with E-state index in [0.29, 0.717) is 0 Å². The second-order valence-electron chi connectivity index (χ2n) is 5.39. The van der Waals surface area contributed by atoms with Crippen molar-refractivity contribution in [2.45, 2.75) is 18.3 Å². The molecular weight excluding hydrogens is 234 g/mol. The first-order valence-corrected chi connectivity index (χ1v) is 6.92. The van der Waals surface area contributed by atoms with Crippen LogP contribution in [0.5, 0.6) is 0 Å². The lowest BCUT2D eigenvalue weighted by molar-refractivity contribution is 0.344.